The SMILES string of the molecule is CC(C)c1noc(N2CCC(NC(=O)C3CC3)CC2)n1. The Morgan fingerprint density at radius 3 is 2.55 bits per heavy atom. The molecule has 0 aromatic carbocycles. The number of aromatic nitrogens is 2. The highest BCUT2D eigenvalue weighted by Gasteiger charge is 2.32. The van der Waals surface area contributed by atoms with Crippen LogP contribution in [0.15, 0.2) is 4.52 Å². The summed E-state index contributed by atoms with van der Waals surface area (Å²) in [5, 5.41) is 7.14. The molecule has 0 atom stereocenters. The lowest BCUT2D eigenvalue weighted by Crippen LogP contribution is -2.45. The van der Waals surface area contributed by atoms with Gasteiger partial charge in [-0.25, -0.2) is 0 Å². The second-order valence-corrected chi connectivity index (χ2v) is 6.13. The van der Waals surface area contributed by atoms with Crippen LogP contribution in [0, 0.1) is 5.92 Å². The molecule has 1 N–H and O–H groups in total. The summed E-state index contributed by atoms with van der Waals surface area (Å²) in [7, 11) is 0. The Hall–Kier alpha value is -1.59. The quantitative estimate of drug-likeness (QED) is 0.907. The maximum Gasteiger partial charge on any atom is 0.324 e. The molecule has 6 nitrogen and oxygen atoms in total. The first kappa shape index (κ1) is 13.4. The van der Waals surface area contributed by atoms with Crippen LogP contribution in [0.3, 0.4) is 0 Å². The van der Waals surface area contributed by atoms with E-state index < -0.39 is 0 Å². The van der Waals surface area contributed by atoms with Gasteiger partial charge in [-0.2, -0.15) is 4.98 Å². The van der Waals surface area contributed by atoms with E-state index in [0.29, 0.717) is 12.1 Å². The standard InChI is InChI=1S/C14H22N4O2/c1-9(2)12-16-14(20-17-12)18-7-5-11(6-8-18)15-13(19)10-3-4-10/h9-11H,3-8H2,1-2H3,(H,15,19). The number of amides is 1. The van der Waals surface area contributed by atoms with Crippen LogP contribution in [-0.4, -0.2) is 35.2 Å². The van der Waals surface area contributed by atoms with Gasteiger partial charge in [0.2, 0.25) is 5.91 Å². The molecule has 1 aromatic rings. The van der Waals surface area contributed by atoms with Crippen LogP contribution in [0.4, 0.5) is 6.01 Å². The van der Waals surface area contributed by atoms with E-state index in [0.717, 1.165) is 44.6 Å². The highest BCUT2D eigenvalue weighted by molar-refractivity contribution is 5.81. The van der Waals surface area contributed by atoms with Gasteiger partial charge >= 0.3 is 6.01 Å². The molecule has 0 unspecified atom stereocenters. The number of nitrogens with one attached hydrogen (secondary N) is 1. The molecule has 1 amide bonds. The summed E-state index contributed by atoms with van der Waals surface area (Å²) in [6, 6.07) is 0.910. The Labute approximate surface area is 118 Å². The highest BCUT2D eigenvalue weighted by Crippen LogP contribution is 2.29. The fourth-order valence-corrected chi connectivity index (χ4v) is 2.47. The van der Waals surface area contributed by atoms with E-state index in [9.17, 15) is 4.79 Å². The zero-order valence-electron chi connectivity index (χ0n) is 12.1. The van der Waals surface area contributed by atoms with Gasteiger partial charge in [0.05, 0.1) is 0 Å². The second kappa shape index (κ2) is 5.42. The Morgan fingerprint density at radius 1 is 1.30 bits per heavy atom. The topological polar surface area (TPSA) is 71.3 Å². The minimum absolute atomic E-state index is 0.239. The fourth-order valence-electron chi connectivity index (χ4n) is 2.47. The largest absolute Gasteiger partial charge is 0.353 e. The highest BCUT2D eigenvalue weighted by atomic mass is 16.5. The number of hydrogen-bond acceptors (Lipinski definition) is 5. The molecular weight excluding hydrogens is 256 g/mol. The molecule has 2 fully saturated rings. The van der Waals surface area contributed by atoms with E-state index in [1.54, 1.807) is 0 Å². The average Bonchev–Trinajstić information content (AvgIpc) is 3.17. The van der Waals surface area contributed by atoms with Crippen molar-refractivity contribution in [3.8, 4) is 0 Å². The molecule has 1 saturated heterocycles. The minimum atomic E-state index is 0.239. The molecule has 1 aliphatic carbocycles. The molecule has 2 heterocycles. The van der Waals surface area contributed by atoms with Gasteiger partial charge in [0.15, 0.2) is 5.82 Å². The van der Waals surface area contributed by atoms with E-state index >= 15 is 0 Å². The molecule has 0 bridgehead atoms. The van der Waals surface area contributed by atoms with Crippen molar-refractivity contribution in [3.63, 3.8) is 0 Å². The zero-order valence-corrected chi connectivity index (χ0v) is 12.1. The fraction of sp³-hybridized carbons (Fsp3) is 0.786. The molecule has 3 rings (SSSR count). The maximum atomic E-state index is 11.7. The van der Waals surface area contributed by atoms with Gasteiger partial charge in [-0.15, -0.1) is 0 Å². The number of nitrogens with zero attached hydrogens (tertiary/aromatic N) is 3. The Kier molecular flexibility index (Phi) is 3.63. The lowest BCUT2D eigenvalue weighted by atomic mass is 10.1. The van der Waals surface area contributed by atoms with Crippen molar-refractivity contribution < 1.29 is 9.32 Å². The van der Waals surface area contributed by atoms with Gasteiger partial charge in [0.25, 0.3) is 0 Å². The molecule has 110 valence electrons. The van der Waals surface area contributed by atoms with Crippen molar-refractivity contribution in [2.75, 3.05) is 18.0 Å². The van der Waals surface area contributed by atoms with Gasteiger partial charge in [-0.05, 0) is 25.7 Å². The van der Waals surface area contributed by atoms with Crippen molar-refractivity contribution in [2.24, 2.45) is 5.92 Å². The molecule has 20 heavy (non-hydrogen) atoms. The molecule has 6 heteroatoms. The monoisotopic (exact) mass is 278 g/mol. The van der Waals surface area contributed by atoms with E-state index in [1.165, 1.54) is 0 Å². The maximum absolute atomic E-state index is 11.7. The van der Waals surface area contributed by atoms with Crippen LogP contribution in [0.25, 0.3) is 0 Å². The summed E-state index contributed by atoms with van der Waals surface area (Å²) in [5.74, 6) is 1.56. The summed E-state index contributed by atoms with van der Waals surface area (Å²) >= 11 is 0. The average molecular weight is 278 g/mol. The van der Waals surface area contributed by atoms with E-state index in [-0.39, 0.29) is 17.7 Å². The normalized spacial score (nSPS) is 20.4. The van der Waals surface area contributed by atoms with E-state index in [2.05, 4.69) is 20.4 Å². The van der Waals surface area contributed by atoms with Crippen LogP contribution >= 0.6 is 0 Å². The zero-order chi connectivity index (χ0) is 14.1. The van der Waals surface area contributed by atoms with Crippen LogP contribution in [0.1, 0.15) is 51.3 Å². The van der Waals surface area contributed by atoms with Gasteiger partial charge in [-0.1, -0.05) is 19.0 Å². The van der Waals surface area contributed by atoms with Crippen LogP contribution in [-0.2, 0) is 4.79 Å². The second-order valence-electron chi connectivity index (χ2n) is 6.13. The summed E-state index contributed by atoms with van der Waals surface area (Å²) in [5.41, 5.74) is 0. The molecule has 1 aromatic heterocycles. The third-order valence-electron chi connectivity index (χ3n) is 4.01. The number of carbonyl (C=O) groups excluding carboxylic acids is 1. The van der Waals surface area contributed by atoms with Gasteiger partial charge < -0.3 is 14.7 Å². The number of piperidine rings is 1. The predicted molar refractivity (Wildman–Crippen MR) is 74.5 cm³/mol. The predicted octanol–water partition coefficient (Wildman–Crippen LogP) is 1.69. The van der Waals surface area contributed by atoms with Crippen molar-refractivity contribution in [3.05, 3.63) is 5.82 Å². The van der Waals surface area contributed by atoms with Crippen LogP contribution < -0.4 is 10.2 Å². The molecule has 0 spiro atoms. The third kappa shape index (κ3) is 2.94. The van der Waals surface area contributed by atoms with Gasteiger partial charge in [0, 0.05) is 31.0 Å². The minimum Gasteiger partial charge on any atom is -0.353 e. The Morgan fingerprint density at radius 2 is 2.00 bits per heavy atom. The summed E-state index contributed by atoms with van der Waals surface area (Å²) < 4.78 is 5.31. The summed E-state index contributed by atoms with van der Waals surface area (Å²) in [6.45, 7) is 5.81. The smallest absolute Gasteiger partial charge is 0.324 e. The molecule has 1 saturated carbocycles. The Balaban J connectivity index is 1.50. The summed E-state index contributed by atoms with van der Waals surface area (Å²) in [6.07, 6.45) is 4.00. The lowest BCUT2D eigenvalue weighted by molar-refractivity contribution is -0.123. The molecular formula is C14H22N4O2. The van der Waals surface area contributed by atoms with Crippen molar-refractivity contribution in [1.82, 2.24) is 15.5 Å². The number of rotatable bonds is 4. The first-order chi connectivity index (χ1) is 9.63. The van der Waals surface area contributed by atoms with Gasteiger partial charge in [0.1, 0.15) is 0 Å². The van der Waals surface area contributed by atoms with Gasteiger partial charge in [-0.3, -0.25) is 4.79 Å². The Bertz CT molecular complexity index is 473. The molecule has 1 aliphatic heterocycles. The van der Waals surface area contributed by atoms with Crippen LogP contribution in [0.2, 0.25) is 0 Å². The molecule has 0 radical (unpaired) electrons. The van der Waals surface area contributed by atoms with E-state index in [1.807, 2.05) is 13.8 Å². The van der Waals surface area contributed by atoms with E-state index in [4.69, 9.17) is 4.52 Å². The van der Waals surface area contributed by atoms with Crippen molar-refractivity contribution in [2.45, 2.75) is 51.5 Å². The summed E-state index contributed by atoms with van der Waals surface area (Å²) in [4.78, 5) is 18.3. The van der Waals surface area contributed by atoms with Crippen molar-refractivity contribution >= 4 is 11.9 Å². The third-order valence-corrected chi connectivity index (χ3v) is 4.01. The van der Waals surface area contributed by atoms with Crippen LogP contribution in [0.5, 0.6) is 0 Å². The number of anilines is 1. The first-order valence-corrected chi connectivity index (χ1v) is 7.52. The first-order valence-electron chi connectivity index (χ1n) is 7.52. The molecule has 2 aliphatic rings. The lowest BCUT2D eigenvalue weighted by Gasteiger charge is -2.30. The number of hydrogen-bond donors (Lipinski definition) is 1. The van der Waals surface area contributed by atoms with Crippen molar-refractivity contribution in [1.29, 1.82) is 0 Å². The number of carbonyl (C=O) groups is 1.